The number of methoxy groups -OCH3 is 3. The third-order valence-corrected chi connectivity index (χ3v) is 6.03. The van der Waals surface area contributed by atoms with Gasteiger partial charge in [0.25, 0.3) is 5.91 Å². The molecule has 0 aliphatic carbocycles. The number of carbonyl (C=O) groups is 1. The summed E-state index contributed by atoms with van der Waals surface area (Å²) in [6.45, 7) is 5.57. The largest absolute Gasteiger partial charge is 0.493 e. The van der Waals surface area contributed by atoms with Gasteiger partial charge in [-0.2, -0.15) is 0 Å². The molecule has 2 aromatic rings. The average Bonchev–Trinajstić information content (AvgIpc) is 3.19. The second kappa shape index (κ2) is 9.89. The molecule has 0 bridgehead atoms. The van der Waals surface area contributed by atoms with Crippen LogP contribution in [0.2, 0.25) is 0 Å². The molecule has 9 heteroatoms. The summed E-state index contributed by atoms with van der Waals surface area (Å²) in [7, 11) is 4.55. The third-order valence-electron chi connectivity index (χ3n) is 5.13. The molecule has 1 aromatic carbocycles. The Morgan fingerprint density at radius 1 is 1.14 bits per heavy atom. The van der Waals surface area contributed by atoms with Gasteiger partial charge in [0.1, 0.15) is 5.01 Å². The van der Waals surface area contributed by atoms with Gasteiger partial charge in [-0.15, -0.1) is 10.2 Å². The number of benzene rings is 1. The van der Waals surface area contributed by atoms with Crippen molar-refractivity contribution in [2.24, 2.45) is 5.92 Å². The minimum absolute atomic E-state index is 0.308. The highest BCUT2D eigenvalue weighted by Gasteiger charge is 2.19. The van der Waals surface area contributed by atoms with Crippen molar-refractivity contribution >= 4 is 22.4 Å². The van der Waals surface area contributed by atoms with Crippen LogP contribution in [-0.2, 0) is 6.42 Å². The molecule has 1 aliphatic rings. The zero-order chi connectivity index (χ0) is 20.8. The van der Waals surface area contributed by atoms with Gasteiger partial charge in [0.2, 0.25) is 10.9 Å². The maximum absolute atomic E-state index is 12.7. The number of amides is 1. The third kappa shape index (κ3) is 5.36. The minimum Gasteiger partial charge on any atom is -0.493 e. The van der Waals surface area contributed by atoms with Crippen molar-refractivity contribution in [1.29, 1.82) is 0 Å². The molecule has 1 aliphatic heterocycles. The van der Waals surface area contributed by atoms with Crippen molar-refractivity contribution in [1.82, 2.24) is 15.1 Å². The van der Waals surface area contributed by atoms with E-state index < -0.39 is 0 Å². The van der Waals surface area contributed by atoms with Crippen LogP contribution < -0.4 is 19.5 Å². The summed E-state index contributed by atoms with van der Waals surface area (Å²) in [6.07, 6.45) is 3.35. The molecule has 0 unspecified atom stereocenters. The Morgan fingerprint density at radius 2 is 1.79 bits per heavy atom. The first kappa shape index (κ1) is 21.3. The number of piperidine rings is 1. The monoisotopic (exact) mass is 420 g/mol. The van der Waals surface area contributed by atoms with Crippen LogP contribution in [0.25, 0.3) is 0 Å². The molecule has 0 atom stereocenters. The summed E-state index contributed by atoms with van der Waals surface area (Å²) in [6, 6.07) is 3.21. The fourth-order valence-electron chi connectivity index (χ4n) is 3.33. The summed E-state index contributed by atoms with van der Waals surface area (Å²) < 4.78 is 15.9. The SMILES string of the molecule is COc1cc(C(=O)Nc2nnc(CCN3CCC(C)CC3)s2)cc(OC)c1OC. The fraction of sp³-hybridized carbons (Fsp3) is 0.550. The number of anilines is 1. The lowest BCUT2D eigenvalue weighted by molar-refractivity contribution is 0.102. The first-order valence-corrected chi connectivity index (χ1v) is 10.5. The highest BCUT2D eigenvalue weighted by Crippen LogP contribution is 2.38. The number of hydrogen-bond donors (Lipinski definition) is 1. The van der Waals surface area contributed by atoms with Gasteiger partial charge in [0, 0.05) is 18.5 Å². The van der Waals surface area contributed by atoms with Gasteiger partial charge in [0.15, 0.2) is 11.5 Å². The number of likely N-dealkylation sites (tertiary alicyclic amines) is 1. The molecule has 1 fully saturated rings. The minimum atomic E-state index is -0.308. The Kier molecular flexibility index (Phi) is 7.27. The van der Waals surface area contributed by atoms with Crippen LogP contribution in [0.4, 0.5) is 5.13 Å². The van der Waals surface area contributed by atoms with E-state index in [0.29, 0.717) is 27.9 Å². The van der Waals surface area contributed by atoms with E-state index in [9.17, 15) is 4.79 Å². The number of carbonyl (C=O) groups excluding carboxylic acids is 1. The summed E-state index contributed by atoms with van der Waals surface area (Å²) in [5.74, 6) is 1.80. The van der Waals surface area contributed by atoms with E-state index in [2.05, 4.69) is 27.3 Å². The summed E-state index contributed by atoms with van der Waals surface area (Å²) in [5.41, 5.74) is 0.388. The van der Waals surface area contributed by atoms with Crippen molar-refractivity contribution in [2.45, 2.75) is 26.2 Å². The van der Waals surface area contributed by atoms with Crippen molar-refractivity contribution in [3.63, 3.8) is 0 Å². The highest BCUT2D eigenvalue weighted by atomic mass is 32.1. The van der Waals surface area contributed by atoms with Crippen LogP contribution in [0.1, 0.15) is 35.1 Å². The Bertz CT molecular complexity index is 809. The first-order chi connectivity index (χ1) is 14.0. The van der Waals surface area contributed by atoms with E-state index in [1.165, 1.54) is 45.5 Å². The predicted octanol–water partition coefficient (Wildman–Crippen LogP) is 3.09. The van der Waals surface area contributed by atoms with Crippen molar-refractivity contribution < 1.29 is 19.0 Å². The molecule has 1 saturated heterocycles. The second-order valence-corrected chi connectivity index (χ2v) is 8.21. The Morgan fingerprint density at radius 3 is 2.38 bits per heavy atom. The molecule has 0 saturated carbocycles. The van der Waals surface area contributed by atoms with E-state index in [1.807, 2.05) is 0 Å². The van der Waals surface area contributed by atoms with Gasteiger partial charge in [-0.25, -0.2) is 0 Å². The van der Waals surface area contributed by atoms with E-state index in [1.54, 1.807) is 12.1 Å². The van der Waals surface area contributed by atoms with Crippen molar-refractivity contribution in [2.75, 3.05) is 46.3 Å². The molecule has 158 valence electrons. The number of nitrogens with one attached hydrogen (secondary N) is 1. The van der Waals surface area contributed by atoms with E-state index in [-0.39, 0.29) is 5.91 Å². The quantitative estimate of drug-likeness (QED) is 0.702. The number of hydrogen-bond acceptors (Lipinski definition) is 8. The maximum atomic E-state index is 12.7. The van der Waals surface area contributed by atoms with Crippen LogP contribution >= 0.6 is 11.3 Å². The van der Waals surface area contributed by atoms with E-state index >= 15 is 0 Å². The molecule has 1 amide bonds. The smallest absolute Gasteiger partial charge is 0.257 e. The average molecular weight is 421 g/mol. The number of nitrogens with zero attached hydrogens (tertiary/aromatic N) is 3. The molecule has 3 rings (SSSR count). The number of aromatic nitrogens is 2. The van der Waals surface area contributed by atoms with Gasteiger partial charge >= 0.3 is 0 Å². The summed E-state index contributed by atoms with van der Waals surface area (Å²) in [5, 5.41) is 12.5. The van der Waals surface area contributed by atoms with E-state index in [0.717, 1.165) is 37.0 Å². The Balaban J connectivity index is 1.61. The Hall–Kier alpha value is -2.39. The molecule has 8 nitrogen and oxygen atoms in total. The molecule has 1 aromatic heterocycles. The normalized spacial score (nSPS) is 15.2. The van der Waals surface area contributed by atoms with Gasteiger partial charge in [-0.1, -0.05) is 18.3 Å². The van der Waals surface area contributed by atoms with E-state index in [4.69, 9.17) is 14.2 Å². The molecule has 0 radical (unpaired) electrons. The zero-order valence-corrected chi connectivity index (χ0v) is 18.2. The van der Waals surface area contributed by atoms with Crippen molar-refractivity contribution in [3.8, 4) is 17.2 Å². The van der Waals surface area contributed by atoms with Gasteiger partial charge in [-0.3, -0.25) is 10.1 Å². The lowest BCUT2D eigenvalue weighted by Crippen LogP contribution is -2.34. The standard InChI is InChI=1S/C20H28N4O4S/c1-13-5-8-24(9-6-13)10-7-17-22-23-20(29-17)21-19(25)14-11-15(26-2)18(28-4)16(12-14)27-3/h11-13H,5-10H2,1-4H3,(H,21,23,25). The second-order valence-electron chi connectivity index (χ2n) is 7.14. The van der Waals surface area contributed by atoms with Crippen LogP contribution in [0, 0.1) is 5.92 Å². The zero-order valence-electron chi connectivity index (χ0n) is 17.4. The van der Waals surface area contributed by atoms with Gasteiger partial charge in [0.05, 0.1) is 21.3 Å². The van der Waals surface area contributed by atoms with Crippen LogP contribution in [0.15, 0.2) is 12.1 Å². The molecule has 0 spiro atoms. The van der Waals surface area contributed by atoms with Crippen molar-refractivity contribution in [3.05, 3.63) is 22.7 Å². The number of rotatable bonds is 8. The Labute approximate surface area is 175 Å². The van der Waals surface area contributed by atoms with Gasteiger partial charge < -0.3 is 19.1 Å². The fourth-order valence-corrected chi connectivity index (χ4v) is 4.05. The topological polar surface area (TPSA) is 85.8 Å². The lowest BCUT2D eigenvalue weighted by Gasteiger charge is -2.29. The van der Waals surface area contributed by atoms with Crippen LogP contribution in [0.3, 0.4) is 0 Å². The maximum Gasteiger partial charge on any atom is 0.257 e. The lowest BCUT2D eigenvalue weighted by atomic mass is 9.99. The van der Waals surface area contributed by atoms with Gasteiger partial charge in [-0.05, 0) is 44.0 Å². The molecular weight excluding hydrogens is 392 g/mol. The molecular formula is C20H28N4O4S. The molecule has 2 heterocycles. The molecule has 1 N–H and O–H groups in total. The van der Waals surface area contributed by atoms with Crippen LogP contribution in [-0.4, -0.2) is 62.0 Å². The molecule has 29 heavy (non-hydrogen) atoms. The first-order valence-electron chi connectivity index (χ1n) is 9.70. The van der Waals surface area contributed by atoms with Crippen LogP contribution in [0.5, 0.6) is 17.2 Å². The number of ether oxygens (including phenoxy) is 3. The predicted molar refractivity (Wildman–Crippen MR) is 113 cm³/mol. The summed E-state index contributed by atoms with van der Waals surface area (Å²) in [4.78, 5) is 15.1. The summed E-state index contributed by atoms with van der Waals surface area (Å²) >= 11 is 1.40. The highest BCUT2D eigenvalue weighted by molar-refractivity contribution is 7.15.